The van der Waals surface area contributed by atoms with E-state index in [1.54, 1.807) is 0 Å². The maximum atomic E-state index is 10.5. The lowest BCUT2D eigenvalue weighted by molar-refractivity contribution is -0.150. The van der Waals surface area contributed by atoms with Gasteiger partial charge in [0.1, 0.15) is 0 Å². The lowest BCUT2D eigenvalue weighted by Crippen LogP contribution is -2.49. The second-order valence-corrected chi connectivity index (χ2v) is 2.54. The third-order valence-corrected chi connectivity index (χ3v) is 1.61. The van der Waals surface area contributed by atoms with Crippen LogP contribution in [0.25, 0.3) is 0 Å². The van der Waals surface area contributed by atoms with Gasteiger partial charge in [-0.15, -0.1) is 0 Å². The molecule has 11 heavy (non-hydrogen) atoms. The normalized spacial score (nSPS) is 17.1. The van der Waals surface area contributed by atoms with Crippen molar-refractivity contribution in [3.63, 3.8) is 0 Å². The van der Waals surface area contributed by atoms with Gasteiger partial charge in [0.15, 0.2) is 0 Å². The predicted molar refractivity (Wildman–Crippen MR) is 37.0 cm³/mol. The van der Waals surface area contributed by atoms with Gasteiger partial charge in [0, 0.05) is 25.6 Å². The number of carboxylic acid groups (broad SMARTS) is 1. The molecule has 3 N–H and O–H groups in total. The fourth-order valence-electron chi connectivity index (χ4n) is 0.805. The number of hydrogen-bond acceptors (Lipinski definition) is 3. The lowest BCUT2D eigenvalue weighted by atomic mass is 10.0. The van der Waals surface area contributed by atoms with Crippen molar-refractivity contribution in [1.29, 1.82) is 0 Å². The second kappa shape index (κ2) is 3.34. The number of hydrogen-bond donors (Lipinski definition) is 3. The summed E-state index contributed by atoms with van der Waals surface area (Å²) in [5, 5.41) is 13.5. The molecule has 1 aliphatic heterocycles. The molecule has 0 aromatic rings. The Hall–Kier alpha value is -1.10. The SMILES string of the molecule is O=C(O)C(=O)NCC1CNC1. The molecule has 0 atom stereocenters. The van der Waals surface area contributed by atoms with Crippen LogP contribution in [0.15, 0.2) is 0 Å². The van der Waals surface area contributed by atoms with Gasteiger partial charge in [0.25, 0.3) is 0 Å². The molecule has 1 rings (SSSR count). The smallest absolute Gasteiger partial charge is 0.394 e. The van der Waals surface area contributed by atoms with E-state index in [2.05, 4.69) is 10.6 Å². The molecule has 1 aliphatic rings. The maximum absolute atomic E-state index is 10.5. The van der Waals surface area contributed by atoms with Crippen LogP contribution in [0.3, 0.4) is 0 Å². The molecule has 1 heterocycles. The molecule has 1 amide bonds. The van der Waals surface area contributed by atoms with Crippen LogP contribution in [0.2, 0.25) is 0 Å². The first-order valence-electron chi connectivity index (χ1n) is 3.42. The molecular weight excluding hydrogens is 148 g/mol. The molecule has 0 radical (unpaired) electrons. The van der Waals surface area contributed by atoms with Gasteiger partial charge in [-0.25, -0.2) is 4.79 Å². The van der Waals surface area contributed by atoms with Gasteiger partial charge in [-0.05, 0) is 0 Å². The summed E-state index contributed by atoms with van der Waals surface area (Å²) in [4.78, 5) is 20.4. The molecule has 0 aromatic heterocycles. The number of aliphatic carboxylic acids is 1. The average Bonchev–Trinajstić information content (AvgIpc) is 1.83. The molecule has 0 bridgehead atoms. The van der Waals surface area contributed by atoms with Crippen molar-refractivity contribution >= 4 is 11.9 Å². The van der Waals surface area contributed by atoms with Crippen LogP contribution in [0.5, 0.6) is 0 Å². The monoisotopic (exact) mass is 158 g/mol. The van der Waals surface area contributed by atoms with E-state index in [4.69, 9.17) is 5.11 Å². The minimum absolute atomic E-state index is 0.401. The van der Waals surface area contributed by atoms with E-state index in [0.717, 1.165) is 13.1 Å². The van der Waals surface area contributed by atoms with Crippen molar-refractivity contribution in [2.75, 3.05) is 19.6 Å². The van der Waals surface area contributed by atoms with E-state index in [0.29, 0.717) is 12.5 Å². The van der Waals surface area contributed by atoms with Crippen LogP contribution in [0, 0.1) is 5.92 Å². The zero-order chi connectivity index (χ0) is 8.27. The zero-order valence-electron chi connectivity index (χ0n) is 5.96. The van der Waals surface area contributed by atoms with Crippen LogP contribution in [0.1, 0.15) is 0 Å². The summed E-state index contributed by atoms with van der Waals surface area (Å²) < 4.78 is 0. The van der Waals surface area contributed by atoms with Crippen molar-refractivity contribution < 1.29 is 14.7 Å². The largest absolute Gasteiger partial charge is 0.474 e. The second-order valence-electron chi connectivity index (χ2n) is 2.54. The molecule has 0 aliphatic carbocycles. The van der Waals surface area contributed by atoms with Gasteiger partial charge in [-0.1, -0.05) is 0 Å². The summed E-state index contributed by atoms with van der Waals surface area (Å²) in [5.74, 6) is -1.94. The van der Waals surface area contributed by atoms with Gasteiger partial charge >= 0.3 is 11.9 Å². The molecule has 5 nitrogen and oxygen atoms in total. The van der Waals surface area contributed by atoms with E-state index >= 15 is 0 Å². The van der Waals surface area contributed by atoms with Gasteiger partial charge in [0.05, 0.1) is 0 Å². The Morgan fingerprint density at radius 1 is 1.55 bits per heavy atom. The predicted octanol–water partition coefficient (Wildman–Crippen LogP) is -1.59. The summed E-state index contributed by atoms with van der Waals surface area (Å²) in [7, 11) is 0. The van der Waals surface area contributed by atoms with E-state index in [1.807, 2.05) is 0 Å². The molecule has 1 saturated heterocycles. The Kier molecular flexibility index (Phi) is 2.43. The topological polar surface area (TPSA) is 78.4 Å². The maximum Gasteiger partial charge on any atom is 0.394 e. The Morgan fingerprint density at radius 3 is 2.55 bits per heavy atom. The highest BCUT2D eigenvalue weighted by Crippen LogP contribution is 1.99. The van der Waals surface area contributed by atoms with Crippen LogP contribution in [-0.4, -0.2) is 36.6 Å². The van der Waals surface area contributed by atoms with Crippen LogP contribution < -0.4 is 10.6 Å². The van der Waals surface area contributed by atoms with Crippen molar-refractivity contribution in [1.82, 2.24) is 10.6 Å². The molecule has 1 fully saturated rings. The highest BCUT2D eigenvalue weighted by atomic mass is 16.4. The summed E-state index contributed by atoms with van der Waals surface area (Å²) in [6.45, 7) is 2.18. The first kappa shape index (κ1) is 8.00. The molecule has 0 spiro atoms. The fraction of sp³-hybridized carbons (Fsp3) is 0.667. The Labute approximate surface area is 63.8 Å². The molecule has 0 saturated carbocycles. The van der Waals surface area contributed by atoms with Crippen molar-refractivity contribution in [2.45, 2.75) is 0 Å². The van der Waals surface area contributed by atoms with Crippen LogP contribution >= 0.6 is 0 Å². The molecular formula is C6H10N2O3. The number of nitrogens with one attached hydrogen (secondary N) is 2. The van der Waals surface area contributed by atoms with Crippen LogP contribution in [-0.2, 0) is 9.59 Å². The highest BCUT2D eigenvalue weighted by molar-refractivity contribution is 6.31. The lowest BCUT2D eigenvalue weighted by Gasteiger charge is -2.26. The van der Waals surface area contributed by atoms with Gasteiger partial charge < -0.3 is 15.7 Å². The van der Waals surface area contributed by atoms with Crippen LogP contribution in [0.4, 0.5) is 0 Å². The van der Waals surface area contributed by atoms with E-state index in [-0.39, 0.29) is 0 Å². The Bertz CT molecular complexity index is 177. The Balaban J connectivity index is 2.10. The van der Waals surface area contributed by atoms with Gasteiger partial charge in [-0.2, -0.15) is 0 Å². The average molecular weight is 158 g/mol. The van der Waals surface area contributed by atoms with Crippen molar-refractivity contribution in [2.24, 2.45) is 5.92 Å². The third-order valence-electron chi connectivity index (χ3n) is 1.61. The number of amides is 1. The van der Waals surface area contributed by atoms with Gasteiger partial charge in [-0.3, -0.25) is 4.79 Å². The quantitative estimate of drug-likeness (QED) is 0.423. The van der Waals surface area contributed by atoms with E-state index in [9.17, 15) is 9.59 Å². The first-order valence-corrected chi connectivity index (χ1v) is 3.42. The van der Waals surface area contributed by atoms with E-state index < -0.39 is 11.9 Å². The van der Waals surface area contributed by atoms with Crippen molar-refractivity contribution in [3.8, 4) is 0 Å². The van der Waals surface area contributed by atoms with E-state index in [1.165, 1.54) is 0 Å². The number of carbonyl (C=O) groups is 2. The molecule has 5 heteroatoms. The fourth-order valence-corrected chi connectivity index (χ4v) is 0.805. The van der Waals surface area contributed by atoms with Gasteiger partial charge in [0.2, 0.25) is 0 Å². The standard InChI is InChI=1S/C6H10N2O3/c9-5(6(10)11)8-3-4-1-7-2-4/h4,7H,1-3H2,(H,8,9)(H,10,11). The minimum Gasteiger partial charge on any atom is -0.474 e. The number of carbonyl (C=O) groups excluding carboxylic acids is 1. The first-order chi connectivity index (χ1) is 5.20. The molecule has 0 aromatic carbocycles. The molecule has 62 valence electrons. The number of rotatable bonds is 2. The molecule has 0 unspecified atom stereocenters. The summed E-state index contributed by atoms with van der Waals surface area (Å²) in [6.07, 6.45) is 0. The summed E-state index contributed by atoms with van der Waals surface area (Å²) in [6, 6.07) is 0. The minimum atomic E-state index is -1.42. The highest BCUT2D eigenvalue weighted by Gasteiger charge is 2.18. The zero-order valence-corrected chi connectivity index (χ0v) is 5.96. The number of carboxylic acids is 1. The van der Waals surface area contributed by atoms with Crippen molar-refractivity contribution in [3.05, 3.63) is 0 Å². The summed E-state index contributed by atoms with van der Waals surface area (Å²) in [5.41, 5.74) is 0. The Morgan fingerprint density at radius 2 is 2.18 bits per heavy atom. The summed E-state index contributed by atoms with van der Waals surface area (Å²) >= 11 is 0. The third kappa shape index (κ3) is 2.19.